The second-order valence-electron chi connectivity index (χ2n) is 6.99. The van der Waals surface area contributed by atoms with Crippen molar-refractivity contribution in [3.05, 3.63) is 59.3 Å². The number of ketones is 1. The number of carbonyl (C=O) groups excluding carboxylic acids is 2. The van der Waals surface area contributed by atoms with Crippen molar-refractivity contribution < 1.29 is 24.0 Å². The summed E-state index contributed by atoms with van der Waals surface area (Å²) in [7, 11) is 4.07. The van der Waals surface area contributed by atoms with E-state index in [9.17, 15) is 14.7 Å². The third-order valence-corrected chi connectivity index (χ3v) is 4.60. The number of rotatable bonds is 6. The summed E-state index contributed by atoms with van der Waals surface area (Å²) in [6.07, 6.45) is 3.79. The Morgan fingerprint density at radius 3 is 2.52 bits per heavy atom. The molecule has 3 rings (SSSR count). The molecular weight excluding hydrogens is 346 g/mol. The topological polar surface area (TPSA) is 88.1 Å². The van der Waals surface area contributed by atoms with Crippen molar-refractivity contribution in [3.63, 3.8) is 0 Å². The number of likely N-dealkylation sites (tertiary alicyclic amines) is 1. The number of amides is 1. The Balaban J connectivity index is 2.05. The van der Waals surface area contributed by atoms with Crippen molar-refractivity contribution >= 4 is 17.4 Å². The van der Waals surface area contributed by atoms with Crippen LogP contribution in [0.5, 0.6) is 0 Å². The van der Waals surface area contributed by atoms with Crippen LogP contribution in [0.15, 0.2) is 46.6 Å². The highest BCUT2D eigenvalue weighted by atomic mass is 16.3. The normalized spacial score (nSPS) is 19.3. The summed E-state index contributed by atoms with van der Waals surface area (Å²) in [5.74, 6) is -0.369. The van der Waals surface area contributed by atoms with Crippen LogP contribution < -0.4 is 4.90 Å². The summed E-state index contributed by atoms with van der Waals surface area (Å²) in [5, 5.41) is 10.8. The van der Waals surface area contributed by atoms with Crippen molar-refractivity contribution in [2.75, 3.05) is 27.2 Å². The summed E-state index contributed by atoms with van der Waals surface area (Å²) in [5.41, 5.74) is 0.492. The first-order valence-corrected chi connectivity index (χ1v) is 8.94. The lowest BCUT2D eigenvalue weighted by Crippen LogP contribution is -3.05. The maximum absolute atomic E-state index is 12.7. The highest BCUT2D eigenvalue weighted by Crippen LogP contribution is 2.39. The largest absolute Gasteiger partial charge is 0.507 e. The zero-order valence-electron chi connectivity index (χ0n) is 15.7. The van der Waals surface area contributed by atoms with Gasteiger partial charge in [0.25, 0.3) is 11.7 Å². The van der Waals surface area contributed by atoms with Gasteiger partial charge >= 0.3 is 0 Å². The van der Waals surface area contributed by atoms with E-state index in [2.05, 4.69) is 4.98 Å². The number of nitrogens with one attached hydrogen (secondary N) is 1. The maximum atomic E-state index is 12.7. The number of Topliss-reactive ketones (excluding diaryl/α,β-unsaturated/α-hetero) is 1. The molecule has 0 aromatic carbocycles. The summed E-state index contributed by atoms with van der Waals surface area (Å²) in [6.45, 7) is 3.07. The van der Waals surface area contributed by atoms with Crippen LogP contribution in [0, 0.1) is 6.92 Å². The molecule has 2 aromatic heterocycles. The number of quaternary nitrogens is 1. The van der Waals surface area contributed by atoms with Gasteiger partial charge in [0.2, 0.25) is 0 Å². The van der Waals surface area contributed by atoms with E-state index in [1.165, 1.54) is 22.2 Å². The summed E-state index contributed by atoms with van der Waals surface area (Å²) >= 11 is 0. The van der Waals surface area contributed by atoms with Crippen LogP contribution in [0.2, 0.25) is 0 Å². The Labute approximate surface area is 157 Å². The number of carbonyl (C=O) groups is 2. The highest BCUT2D eigenvalue weighted by Gasteiger charge is 2.47. The van der Waals surface area contributed by atoms with Gasteiger partial charge in [-0.15, -0.1) is 0 Å². The van der Waals surface area contributed by atoms with Crippen LogP contribution >= 0.6 is 0 Å². The zero-order valence-corrected chi connectivity index (χ0v) is 15.7. The molecule has 2 aromatic rings. The van der Waals surface area contributed by atoms with E-state index in [1.54, 1.807) is 31.2 Å². The molecule has 0 unspecified atom stereocenters. The molecule has 1 aliphatic heterocycles. The molecule has 0 aliphatic carbocycles. The molecule has 142 valence electrons. The van der Waals surface area contributed by atoms with Gasteiger partial charge in [0.05, 0.1) is 26.2 Å². The number of pyridine rings is 1. The first-order chi connectivity index (χ1) is 12.9. The Morgan fingerprint density at radius 1 is 1.22 bits per heavy atom. The fourth-order valence-corrected chi connectivity index (χ4v) is 3.28. The predicted octanol–water partition coefficient (Wildman–Crippen LogP) is 0.939. The van der Waals surface area contributed by atoms with Gasteiger partial charge in [-0.1, -0.05) is 0 Å². The highest BCUT2D eigenvalue weighted by molar-refractivity contribution is 6.46. The van der Waals surface area contributed by atoms with Gasteiger partial charge < -0.3 is 19.3 Å². The third-order valence-electron chi connectivity index (χ3n) is 4.60. The molecule has 1 atom stereocenters. The number of aliphatic hydroxyl groups is 1. The minimum absolute atomic E-state index is 0.0535. The zero-order chi connectivity index (χ0) is 19.6. The predicted molar refractivity (Wildman–Crippen MR) is 99.0 cm³/mol. The average Bonchev–Trinajstić information content (AvgIpc) is 3.18. The Kier molecular flexibility index (Phi) is 5.41. The quantitative estimate of drug-likeness (QED) is 0.449. The molecule has 0 bridgehead atoms. The second kappa shape index (κ2) is 7.75. The number of aliphatic hydroxyl groups excluding tert-OH is 1. The van der Waals surface area contributed by atoms with Crippen molar-refractivity contribution in [2.24, 2.45) is 0 Å². The van der Waals surface area contributed by atoms with E-state index in [4.69, 9.17) is 4.42 Å². The van der Waals surface area contributed by atoms with Crippen molar-refractivity contribution in [3.8, 4) is 0 Å². The van der Waals surface area contributed by atoms with Gasteiger partial charge in [-0.05, 0) is 31.2 Å². The standard InChI is InChI=1S/C20H23N3O4/c1-13-5-6-15(27-13)17-16(18(24)14-7-9-21-10-8-14)19(25)20(26)23(17)12-4-11-22(2)3/h5-10,17,24H,4,11-12H2,1-3H3/p+1/t17-/m0/s1. The Hall–Kier alpha value is -2.93. The lowest BCUT2D eigenvalue weighted by Gasteiger charge is -2.23. The average molecular weight is 370 g/mol. The van der Waals surface area contributed by atoms with E-state index < -0.39 is 17.7 Å². The number of aryl methyl sites for hydroxylation is 1. The summed E-state index contributed by atoms with van der Waals surface area (Å²) < 4.78 is 5.73. The van der Waals surface area contributed by atoms with Crippen LogP contribution in [0.1, 0.15) is 29.5 Å². The minimum Gasteiger partial charge on any atom is -0.507 e. The molecule has 1 amide bonds. The van der Waals surface area contributed by atoms with Crippen LogP contribution in [-0.2, 0) is 9.59 Å². The van der Waals surface area contributed by atoms with Gasteiger partial charge in [-0.2, -0.15) is 0 Å². The van der Waals surface area contributed by atoms with Gasteiger partial charge in [0.15, 0.2) is 0 Å². The molecule has 27 heavy (non-hydrogen) atoms. The van der Waals surface area contributed by atoms with E-state index in [0.29, 0.717) is 23.6 Å². The van der Waals surface area contributed by atoms with Gasteiger partial charge in [0.1, 0.15) is 23.3 Å². The molecule has 1 saturated heterocycles. The number of aromatic nitrogens is 1. The lowest BCUT2D eigenvalue weighted by molar-refractivity contribution is -0.858. The van der Waals surface area contributed by atoms with E-state index in [0.717, 1.165) is 13.0 Å². The fraction of sp³-hybridized carbons (Fsp3) is 0.350. The molecule has 1 fully saturated rings. The Bertz CT molecular complexity index is 870. The fourth-order valence-electron chi connectivity index (χ4n) is 3.28. The van der Waals surface area contributed by atoms with Crippen LogP contribution in [0.25, 0.3) is 5.76 Å². The number of nitrogens with zero attached hydrogens (tertiary/aromatic N) is 2. The first kappa shape index (κ1) is 18.8. The van der Waals surface area contributed by atoms with Crippen molar-refractivity contribution in [1.82, 2.24) is 9.88 Å². The van der Waals surface area contributed by atoms with E-state index in [1.807, 2.05) is 14.1 Å². The molecule has 0 radical (unpaired) electrons. The smallest absolute Gasteiger partial charge is 0.295 e. The van der Waals surface area contributed by atoms with Crippen LogP contribution in [-0.4, -0.2) is 53.9 Å². The molecule has 0 saturated carbocycles. The van der Waals surface area contributed by atoms with Crippen LogP contribution in [0.3, 0.4) is 0 Å². The Morgan fingerprint density at radius 2 is 1.93 bits per heavy atom. The van der Waals surface area contributed by atoms with Gasteiger partial charge in [-0.3, -0.25) is 14.6 Å². The molecule has 2 N–H and O–H groups in total. The lowest BCUT2D eigenvalue weighted by atomic mass is 10.00. The van der Waals surface area contributed by atoms with Crippen LogP contribution in [0.4, 0.5) is 0 Å². The molecule has 0 spiro atoms. The van der Waals surface area contributed by atoms with E-state index >= 15 is 0 Å². The first-order valence-electron chi connectivity index (χ1n) is 8.94. The summed E-state index contributed by atoms with van der Waals surface area (Å²) in [4.78, 5) is 32.1. The van der Waals surface area contributed by atoms with Gasteiger partial charge in [0, 0.05) is 30.9 Å². The van der Waals surface area contributed by atoms with Crippen molar-refractivity contribution in [1.29, 1.82) is 0 Å². The monoisotopic (exact) mass is 370 g/mol. The SMILES string of the molecule is Cc1ccc([C@H]2C(=C(O)c3ccncc3)C(=O)C(=O)N2CCC[NH+](C)C)o1. The number of hydrogen-bond donors (Lipinski definition) is 2. The molecule has 7 heteroatoms. The molecule has 7 nitrogen and oxygen atoms in total. The number of furan rings is 1. The molecular formula is C20H24N3O4+. The summed E-state index contributed by atoms with van der Waals surface area (Å²) in [6, 6.07) is 6.00. The molecule has 1 aliphatic rings. The minimum atomic E-state index is -0.732. The third kappa shape index (κ3) is 3.78. The van der Waals surface area contributed by atoms with E-state index in [-0.39, 0.29) is 11.3 Å². The molecule has 3 heterocycles. The second-order valence-corrected chi connectivity index (χ2v) is 6.99. The number of hydrogen-bond acceptors (Lipinski definition) is 5. The maximum Gasteiger partial charge on any atom is 0.295 e. The van der Waals surface area contributed by atoms with Gasteiger partial charge in [-0.25, -0.2) is 0 Å². The van der Waals surface area contributed by atoms with Crippen molar-refractivity contribution in [2.45, 2.75) is 19.4 Å².